The van der Waals surface area contributed by atoms with Crippen molar-refractivity contribution in [2.75, 3.05) is 44.9 Å². The van der Waals surface area contributed by atoms with Gasteiger partial charge in [-0.2, -0.15) is 4.98 Å². The Labute approximate surface area is 196 Å². The minimum atomic E-state index is 0.220. The van der Waals surface area contributed by atoms with E-state index in [9.17, 15) is 0 Å². The van der Waals surface area contributed by atoms with Gasteiger partial charge in [-0.05, 0) is 81.6 Å². The highest BCUT2D eigenvalue weighted by atomic mass is 16.5. The number of nitrogens with one attached hydrogen (secondary N) is 1. The van der Waals surface area contributed by atoms with Gasteiger partial charge in [0.2, 0.25) is 5.95 Å². The molecule has 0 amide bonds. The Morgan fingerprint density at radius 3 is 2.52 bits per heavy atom. The summed E-state index contributed by atoms with van der Waals surface area (Å²) in [4.78, 5) is 11.1. The summed E-state index contributed by atoms with van der Waals surface area (Å²) in [7, 11) is 3.83. The summed E-state index contributed by atoms with van der Waals surface area (Å²) in [6, 6.07) is 12.1. The maximum absolute atomic E-state index is 6.16. The predicted octanol–water partition coefficient (Wildman–Crippen LogP) is 4.82. The number of hydrogen-bond acceptors (Lipinski definition) is 7. The number of nitrogens with two attached hydrogens (primary N) is 1. The second-order valence-electron chi connectivity index (χ2n) is 8.81. The van der Waals surface area contributed by atoms with Gasteiger partial charge in [0, 0.05) is 17.4 Å². The van der Waals surface area contributed by atoms with E-state index >= 15 is 0 Å². The third-order valence-corrected chi connectivity index (χ3v) is 6.32. The van der Waals surface area contributed by atoms with E-state index in [0.29, 0.717) is 24.1 Å². The van der Waals surface area contributed by atoms with Crippen LogP contribution >= 0.6 is 0 Å². The molecule has 0 radical (unpaired) electrons. The van der Waals surface area contributed by atoms with E-state index in [1.807, 2.05) is 24.3 Å². The van der Waals surface area contributed by atoms with Crippen LogP contribution in [0.5, 0.6) is 11.5 Å². The summed E-state index contributed by atoms with van der Waals surface area (Å²) < 4.78 is 11.8. The lowest BCUT2D eigenvalue weighted by molar-refractivity contribution is 0.157. The van der Waals surface area contributed by atoms with Crippen LogP contribution in [-0.2, 0) is 0 Å². The van der Waals surface area contributed by atoms with Gasteiger partial charge in [0.25, 0.3) is 0 Å². The fourth-order valence-corrected chi connectivity index (χ4v) is 4.22. The molecule has 1 aliphatic heterocycles. The molecule has 1 saturated heterocycles. The van der Waals surface area contributed by atoms with Gasteiger partial charge < -0.3 is 25.4 Å². The molecule has 0 unspecified atom stereocenters. The highest BCUT2D eigenvalue weighted by molar-refractivity contribution is 5.81. The van der Waals surface area contributed by atoms with Gasteiger partial charge in [-0.3, -0.25) is 0 Å². The molecule has 0 atom stereocenters. The zero-order valence-electron chi connectivity index (χ0n) is 19.9. The van der Waals surface area contributed by atoms with E-state index in [1.165, 1.54) is 0 Å². The molecule has 174 valence electrons. The lowest BCUT2D eigenvalue weighted by Crippen LogP contribution is -2.32. The quantitative estimate of drug-likeness (QED) is 0.537. The largest absolute Gasteiger partial charge is 0.493 e. The zero-order chi connectivity index (χ0) is 23.4. The van der Waals surface area contributed by atoms with Crippen LogP contribution in [0, 0.1) is 19.8 Å². The molecule has 0 aliphatic carbocycles. The van der Waals surface area contributed by atoms with Crippen molar-refractivity contribution in [3.8, 4) is 22.6 Å². The molecule has 0 saturated carbocycles. The van der Waals surface area contributed by atoms with Crippen molar-refractivity contribution >= 4 is 17.5 Å². The van der Waals surface area contributed by atoms with Crippen molar-refractivity contribution in [1.82, 2.24) is 14.9 Å². The molecule has 7 nitrogen and oxygen atoms in total. The molecule has 1 fully saturated rings. The SMILES string of the molecule is COc1cc(-c2cnc(N)nc2Nc2c(C)cccc2C)ccc1OCC1CCN(C)CC1. The summed E-state index contributed by atoms with van der Waals surface area (Å²) in [5.74, 6) is 2.89. The second kappa shape index (κ2) is 10.1. The number of benzene rings is 2. The minimum absolute atomic E-state index is 0.220. The number of likely N-dealkylation sites (tertiary alicyclic amines) is 1. The molecule has 3 aromatic rings. The molecule has 0 bridgehead atoms. The number of piperidine rings is 1. The Hall–Kier alpha value is -3.32. The van der Waals surface area contributed by atoms with E-state index in [1.54, 1.807) is 13.3 Å². The number of hydrogen-bond donors (Lipinski definition) is 2. The molecular weight excluding hydrogens is 414 g/mol. The summed E-state index contributed by atoms with van der Waals surface area (Å²) in [6.07, 6.45) is 4.06. The number of rotatable bonds is 7. The highest BCUT2D eigenvalue weighted by Gasteiger charge is 2.19. The summed E-state index contributed by atoms with van der Waals surface area (Å²) in [6.45, 7) is 7.08. The molecule has 1 aromatic heterocycles. The number of aromatic nitrogens is 2. The number of anilines is 3. The third-order valence-electron chi connectivity index (χ3n) is 6.32. The maximum atomic E-state index is 6.16. The maximum Gasteiger partial charge on any atom is 0.221 e. The Kier molecular flexibility index (Phi) is 6.99. The number of para-hydroxylation sites is 1. The van der Waals surface area contributed by atoms with Crippen LogP contribution in [0.1, 0.15) is 24.0 Å². The molecular formula is C26H33N5O2. The first-order valence-corrected chi connectivity index (χ1v) is 11.4. The van der Waals surface area contributed by atoms with E-state index in [-0.39, 0.29) is 5.95 Å². The van der Waals surface area contributed by atoms with Crippen molar-refractivity contribution in [1.29, 1.82) is 0 Å². The topological polar surface area (TPSA) is 85.5 Å². The molecule has 1 aliphatic rings. The van der Waals surface area contributed by atoms with Crippen LogP contribution in [0.25, 0.3) is 11.1 Å². The third kappa shape index (κ3) is 5.37. The minimum Gasteiger partial charge on any atom is -0.493 e. The number of methoxy groups -OCH3 is 1. The Morgan fingerprint density at radius 2 is 1.82 bits per heavy atom. The van der Waals surface area contributed by atoms with Crippen molar-refractivity contribution in [2.24, 2.45) is 5.92 Å². The molecule has 3 N–H and O–H groups in total. The average Bonchev–Trinajstić information content (AvgIpc) is 2.81. The van der Waals surface area contributed by atoms with Gasteiger partial charge in [-0.1, -0.05) is 24.3 Å². The van der Waals surface area contributed by atoms with Crippen LogP contribution in [0.4, 0.5) is 17.5 Å². The van der Waals surface area contributed by atoms with E-state index in [4.69, 9.17) is 15.2 Å². The standard InChI is InChI=1S/C26H33N5O2/c1-17-6-5-7-18(2)24(17)29-25-21(15-28-26(27)30-25)20-8-9-22(23(14-20)32-4)33-16-19-10-12-31(3)13-11-19/h5-9,14-15,19H,10-13,16H2,1-4H3,(H3,27,28,29,30). The first-order valence-electron chi connectivity index (χ1n) is 11.4. The second-order valence-corrected chi connectivity index (χ2v) is 8.81. The Balaban J connectivity index is 1.59. The summed E-state index contributed by atoms with van der Waals surface area (Å²) in [5.41, 5.74) is 11.0. The van der Waals surface area contributed by atoms with Gasteiger partial charge >= 0.3 is 0 Å². The monoisotopic (exact) mass is 447 g/mol. The number of ether oxygens (including phenoxy) is 2. The molecule has 2 heterocycles. The van der Waals surface area contributed by atoms with Crippen LogP contribution in [0.3, 0.4) is 0 Å². The smallest absolute Gasteiger partial charge is 0.221 e. The van der Waals surface area contributed by atoms with E-state index in [2.05, 4.69) is 53.2 Å². The lowest BCUT2D eigenvalue weighted by atomic mass is 9.98. The summed E-state index contributed by atoms with van der Waals surface area (Å²) in [5, 5.41) is 3.47. The highest BCUT2D eigenvalue weighted by Crippen LogP contribution is 2.37. The van der Waals surface area contributed by atoms with E-state index < -0.39 is 0 Å². The Bertz CT molecular complexity index is 1090. The van der Waals surface area contributed by atoms with Crippen molar-refractivity contribution in [2.45, 2.75) is 26.7 Å². The first-order chi connectivity index (χ1) is 15.9. The molecule has 33 heavy (non-hydrogen) atoms. The average molecular weight is 448 g/mol. The number of nitrogen functional groups attached to an aromatic ring is 1. The van der Waals surface area contributed by atoms with Crippen LogP contribution in [0.2, 0.25) is 0 Å². The molecule has 7 heteroatoms. The van der Waals surface area contributed by atoms with Gasteiger partial charge in [0.05, 0.1) is 13.7 Å². The van der Waals surface area contributed by atoms with Gasteiger partial charge in [0.15, 0.2) is 11.5 Å². The van der Waals surface area contributed by atoms with Gasteiger partial charge in [-0.15, -0.1) is 0 Å². The fraction of sp³-hybridized carbons (Fsp3) is 0.385. The van der Waals surface area contributed by atoms with Gasteiger partial charge in [-0.25, -0.2) is 4.98 Å². The Morgan fingerprint density at radius 1 is 1.09 bits per heavy atom. The zero-order valence-corrected chi connectivity index (χ0v) is 19.9. The first kappa shape index (κ1) is 22.9. The molecule has 4 rings (SSSR count). The normalized spacial score (nSPS) is 14.8. The summed E-state index contributed by atoms with van der Waals surface area (Å²) >= 11 is 0. The van der Waals surface area contributed by atoms with Crippen LogP contribution < -0.4 is 20.5 Å². The molecule has 2 aromatic carbocycles. The lowest BCUT2D eigenvalue weighted by Gasteiger charge is -2.28. The van der Waals surface area contributed by atoms with Crippen molar-refractivity contribution in [3.63, 3.8) is 0 Å². The number of aryl methyl sites for hydroxylation is 2. The van der Waals surface area contributed by atoms with E-state index in [0.717, 1.165) is 59.6 Å². The van der Waals surface area contributed by atoms with Crippen molar-refractivity contribution in [3.05, 3.63) is 53.7 Å². The molecule has 0 spiro atoms. The number of nitrogens with zero attached hydrogens (tertiary/aromatic N) is 3. The van der Waals surface area contributed by atoms with Crippen LogP contribution in [0.15, 0.2) is 42.6 Å². The van der Waals surface area contributed by atoms with Gasteiger partial charge in [0.1, 0.15) is 5.82 Å². The van der Waals surface area contributed by atoms with Crippen molar-refractivity contribution < 1.29 is 9.47 Å². The predicted molar refractivity (Wildman–Crippen MR) is 133 cm³/mol. The fourth-order valence-electron chi connectivity index (χ4n) is 4.22. The van der Waals surface area contributed by atoms with Crippen LogP contribution in [-0.4, -0.2) is 48.7 Å².